The summed E-state index contributed by atoms with van der Waals surface area (Å²) in [4.78, 5) is 24.7. The molecule has 1 fully saturated rings. The molecular formula is C22H29N5O. The van der Waals surface area contributed by atoms with E-state index in [1.54, 1.807) is 0 Å². The minimum atomic E-state index is 0.0257. The highest BCUT2D eigenvalue weighted by Crippen LogP contribution is 2.33. The van der Waals surface area contributed by atoms with Crippen LogP contribution in [-0.4, -0.2) is 49.1 Å². The van der Waals surface area contributed by atoms with Gasteiger partial charge in [0.1, 0.15) is 5.82 Å². The highest BCUT2D eigenvalue weighted by Gasteiger charge is 2.30. The van der Waals surface area contributed by atoms with Crippen LogP contribution in [-0.2, 0) is 17.6 Å². The number of rotatable bonds is 6. The van der Waals surface area contributed by atoms with Gasteiger partial charge in [0.25, 0.3) is 0 Å². The van der Waals surface area contributed by atoms with Crippen LogP contribution < -0.4 is 15.5 Å². The molecule has 0 radical (unpaired) electrons. The first-order valence-electron chi connectivity index (χ1n) is 10.4. The normalized spacial score (nSPS) is 18.8. The number of anilines is 1. The fraction of sp³-hybridized carbons (Fsp3) is 0.500. The lowest BCUT2D eigenvalue weighted by molar-refractivity contribution is -0.125. The van der Waals surface area contributed by atoms with Crippen molar-refractivity contribution in [1.82, 2.24) is 20.6 Å². The maximum atomic E-state index is 12.6. The zero-order valence-electron chi connectivity index (χ0n) is 16.6. The molecule has 1 aliphatic heterocycles. The molecule has 1 saturated heterocycles. The predicted molar refractivity (Wildman–Crippen MR) is 111 cm³/mol. The second-order valence-corrected chi connectivity index (χ2v) is 7.70. The van der Waals surface area contributed by atoms with Crippen LogP contribution in [0.4, 0.5) is 5.82 Å². The van der Waals surface area contributed by atoms with Crippen molar-refractivity contribution in [3.05, 3.63) is 41.6 Å². The van der Waals surface area contributed by atoms with E-state index in [0.717, 1.165) is 68.9 Å². The third kappa shape index (κ3) is 4.02. The number of amides is 1. The minimum absolute atomic E-state index is 0.0257. The standard InChI is InChI=1S/C22H29N5O/c1-23-12-13-24-22(28)17-9-6-14-27(15-17)21-18-10-5-11-19(18)25-20(26-21)16-7-3-2-4-8-16/h2-4,7-8,17,23H,5-6,9-15H2,1H3,(H,24,28). The summed E-state index contributed by atoms with van der Waals surface area (Å²) < 4.78 is 0. The van der Waals surface area contributed by atoms with Gasteiger partial charge < -0.3 is 15.5 Å². The van der Waals surface area contributed by atoms with Crippen LogP contribution >= 0.6 is 0 Å². The van der Waals surface area contributed by atoms with E-state index in [1.807, 2.05) is 25.2 Å². The molecule has 0 bridgehead atoms. The Morgan fingerprint density at radius 3 is 2.82 bits per heavy atom. The van der Waals surface area contributed by atoms with Gasteiger partial charge in [0.2, 0.25) is 5.91 Å². The number of hydrogen-bond acceptors (Lipinski definition) is 5. The molecule has 6 nitrogen and oxygen atoms in total. The van der Waals surface area contributed by atoms with Gasteiger partial charge in [-0.2, -0.15) is 0 Å². The molecule has 28 heavy (non-hydrogen) atoms. The zero-order valence-corrected chi connectivity index (χ0v) is 16.6. The molecular weight excluding hydrogens is 350 g/mol. The maximum absolute atomic E-state index is 12.6. The van der Waals surface area contributed by atoms with Crippen LogP contribution in [0.2, 0.25) is 0 Å². The van der Waals surface area contributed by atoms with Gasteiger partial charge in [0.05, 0.1) is 5.92 Å². The number of nitrogens with zero attached hydrogens (tertiary/aromatic N) is 3. The number of likely N-dealkylation sites (N-methyl/N-ethyl adjacent to an activating group) is 1. The largest absolute Gasteiger partial charge is 0.355 e. The van der Waals surface area contributed by atoms with Crippen molar-refractivity contribution in [3.63, 3.8) is 0 Å². The number of fused-ring (bicyclic) bond motifs is 1. The third-order valence-electron chi connectivity index (χ3n) is 5.71. The predicted octanol–water partition coefficient (Wildman–Crippen LogP) is 2.18. The average Bonchev–Trinajstić information content (AvgIpc) is 3.22. The first-order chi connectivity index (χ1) is 13.8. The molecule has 2 N–H and O–H groups in total. The Morgan fingerprint density at radius 2 is 2.00 bits per heavy atom. The van der Waals surface area contributed by atoms with E-state index in [1.165, 1.54) is 11.3 Å². The molecule has 2 aliphatic rings. The van der Waals surface area contributed by atoms with Crippen LogP contribution in [0.3, 0.4) is 0 Å². The number of carbonyl (C=O) groups excluding carboxylic acids is 1. The van der Waals surface area contributed by atoms with E-state index in [2.05, 4.69) is 27.7 Å². The quantitative estimate of drug-likeness (QED) is 0.753. The number of carbonyl (C=O) groups is 1. The summed E-state index contributed by atoms with van der Waals surface area (Å²) in [5.41, 5.74) is 3.53. The van der Waals surface area contributed by atoms with Gasteiger partial charge in [-0.1, -0.05) is 30.3 Å². The Kier molecular flexibility index (Phi) is 5.86. The Hall–Kier alpha value is -2.47. The Morgan fingerprint density at radius 1 is 1.14 bits per heavy atom. The SMILES string of the molecule is CNCCNC(=O)C1CCCN(c2nc(-c3ccccc3)nc3c2CCC3)C1. The monoisotopic (exact) mass is 379 g/mol. The van der Waals surface area contributed by atoms with Crippen molar-refractivity contribution in [1.29, 1.82) is 0 Å². The summed E-state index contributed by atoms with van der Waals surface area (Å²) in [6.45, 7) is 3.16. The molecule has 1 aromatic carbocycles. The van der Waals surface area contributed by atoms with Gasteiger partial charge in [-0.3, -0.25) is 4.79 Å². The number of hydrogen-bond donors (Lipinski definition) is 2. The molecule has 0 saturated carbocycles. The lowest BCUT2D eigenvalue weighted by Crippen LogP contribution is -2.44. The molecule has 1 unspecified atom stereocenters. The Bertz CT molecular complexity index is 823. The first kappa shape index (κ1) is 18.9. The summed E-state index contributed by atoms with van der Waals surface area (Å²) in [7, 11) is 1.90. The number of piperidine rings is 1. The fourth-order valence-electron chi connectivity index (χ4n) is 4.23. The number of aryl methyl sites for hydroxylation is 1. The van der Waals surface area contributed by atoms with E-state index in [9.17, 15) is 4.79 Å². The zero-order chi connectivity index (χ0) is 19.3. The van der Waals surface area contributed by atoms with E-state index < -0.39 is 0 Å². The molecule has 6 heteroatoms. The molecule has 1 amide bonds. The van der Waals surface area contributed by atoms with E-state index in [0.29, 0.717) is 6.54 Å². The van der Waals surface area contributed by atoms with Crippen molar-refractivity contribution in [3.8, 4) is 11.4 Å². The third-order valence-corrected chi connectivity index (χ3v) is 5.71. The van der Waals surface area contributed by atoms with Gasteiger partial charge in [-0.05, 0) is 39.2 Å². The number of aromatic nitrogens is 2. The summed E-state index contributed by atoms with van der Waals surface area (Å²) in [5.74, 6) is 2.04. The van der Waals surface area contributed by atoms with Crippen molar-refractivity contribution in [2.24, 2.45) is 5.92 Å². The molecule has 0 spiro atoms. The van der Waals surface area contributed by atoms with Gasteiger partial charge in [0.15, 0.2) is 5.82 Å². The average molecular weight is 380 g/mol. The topological polar surface area (TPSA) is 70.2 Å². The smallest absolute Gasteiger partial charge is 0.224 e. The van der Waals surface area contributed by atoms with Crippen LogP contribution in [0.1, 0.15) is 30.5 Å². The number of benzene rings is 1. The second kappa shape index (κ2) is 8.69. The summed E-state index contributed by atoms with van der Waals surface area (Å²) in [6.07, 6.45) is 5.16. The van der Waals surface area contributed by atoms with Gasteiger partial charge >= 0.3 is 0 Å². The van der Waals surface area contributed by atoms with Crippen molar-refractivity contribution < 1.29 is 4.79 Å². The van der Waals surface area contributed by atoms with Crippen molar-refractivity contribution in [2.45, 2.75) is 32.1 Å². The van der Waals surface area contributed by atoms with Crippen LogP contribution in [0.5, 0.6) is 0 Å². The number of nitrogens with one attached hydrogen (secondary N) is 2. The van der Waals surface area contributed by atoms with Gasteiger partial charge in [0, 0.05) is 43.0 Å². The Balaban J connectivity index is 1.58. The van der Waals surface area contributed by atoms with Crippen LogP contribution in [0.25, 0.3) is 11.4 Å². The molecule has 148 valence electrons. The van der Waals surface area contributed by atoms with Crippen LogP contribution in [0, 0.1) is 5.92 Å². The van der Waals surface area contributed by atoms with Gasteiger partial charge in [-0.15, -0.1) is 0 Å². The first-order valence-corrected chi connectivity index (χ1v) is 10.4. The lowest BCUT2D eigenvalue weighted by atomic mass is 9.96. The molecule has 2 aromatic rings. The summed E-state index contributed by atoms with van der Waals surface area (Å²) in [6, 6.07) is 10.2. The van der Waals surface area contributed by atoms with Gasteiger partial charge in [-0.25, -0.2) is 9.97 Å². The molecule has 2 heterocycles. The molecule has 4 rings (SSSR count). The summed E-state index contributed by atoms with van der Waals surface area (Å²) >= 11 is 0. The van der Waals surface area contributed by atoms with Crippen molar-refractivity contribution in [2.75, 3.05) is 38.1 Å². The maximum Gasteiger partial charge on any atom is 0.224 e. The van der Waals surface area contributed by atoms with E-state index >= 15 is 0 Å². The van der Waals surface area contributed by atoms with E-state index in [4.69, 9.17) is 9.97 Å². The van der Waals surface area contributed by atoms with Crippen molar-refractivity contribution >= 4 is 11.7 Å². The van der Waals surface area contributed by atoms with E-state index in [-0.39, 0.29) is 11.8 Å². The second-order valence-electron chi connectivity index (χ2n) is 7.70. The minimum Gasteiger partial charge on any atom is -0.355 e. The summed E-state index contributed by atoms with van der Waals surface area (Å²) in [5, 5.41) is 6.12. The molecule has 1 atom stereocenters. The molecule has 1 aromatic heterocycles. The lowest BCUT2D eigenvalue weighted by Gasteiger charge is -2.34. The fourth-order valence-corrected chi connectivity index (χ4v) is 4.23. The highest BCUT2D eigenvalue weighted by atomic mass is 16.1. The molecule has 1 aliphatic carbocycles. The highest BCUT2D eigenvalue weighted by molar-refractivity contribution is 5.79. The Labute approximate surface area is 166 Å². The van der Waals surface area contributed by atoms with Crippen LogP contribution in [0.15, 0.2) is 30.3 Å².